The maximum atomic E-state index is 13.7. The van der Waals surface area contributed by atoms with E-state index in [2.05, 4.69) is 10.1 Å². The number of hydrogen-bond donors (Lipinski definition) is 0. The minimum Gasteiger partial charge on any atom is -0.342 e. The van der Waals surface area contributed by atoms with E-state index in [1.54, 1.807) is 19.1 Å². The Morgan fingerprint density at radius 1 is 1.36 bits per heavy atom. The highest BCUT2D eigenvalue weighted by Gasteiger charge is 2.23. The lowest BCUT2D eigenvalue weighted by Crippen LogP contribution is -2.40. The summed E-state index contributed by atoms with van der Waals surface area (Å²) >= 11 is 1.48. The summed E-state index contributed by atoms with van der Waals surface area (Å²) in [5.74, 6) is 1.15. The number of piperidine rings is 1. The summed E-state index contributed by atoms with van der Waals surface area (Å²) in [5, 5.41) is 3.76. The summed E-state index contributed by atoms with van der Waals surface area (Å²) in [5.41, 5.74) is 1.16. The van der Waals surface area contributed by atoms with E-state index < -0.39 is 0 Å². The number of aryl methyl sites for hydroxylation is 1. The van der Waals surface area contributed by atoms with Crippen LogP contribution in [0.3, 0.4) is 0 Å². The molecule has 5 nitrogen and oxygen atoms in total. The molecule has 1 amide bonds. The normalized spacial score (nSPS) is 16.0. The van der Waals surface area contributed by atoms with Crippen LogP contribution in [0.25, 0.3) is 11.4 Å². The number of thioether (sulfide) groups is 1. The number of carbonyl (C=O) groups is 1. The lowest BCUT2D eigenvalue weighted by molar-refractivity contribution is -0.131. The van der Waals surface area contributed by atoms with Gasteiger partial charge in [-0.15, -0.1) is 11.8 Å². The van der Waals surface area contributed by atoms with Crippen LogP contribution in [0.1, 0.15) is 37.6 Å². The Bertz CT molecular complexity index is 744. The van der Waals surface area contributed by atoms with Crippen LogP contribution in [-0.4, -0.2) is 39.3 Å². The molecule has 1 saturated heterocycles. The molecule has 1 atom stereocenters. The highest BCUT2D eigenvalue weighted by molar-refractivity contribution is 7.99. The van der Waals surface area contributed by atoms with Crippen molar-refractivity contribution in [3.63, 3.8) is 0 Å². The number of hydrogen-bond acceptors (Lipinski definition) is 5. The van der Waals surface area contributed by atoms with E-state index in [0.29, 0.717) is 28.6 Å². The van der Waals surface area contributed by atoms with Crippen LogP contribution in [0.5, 0.6) is 0 Å². The summed E-state index contributed by atoms with van der Waals surface area (Å²) in [7, 11) is 0. The van der Waals surface area contributed by atoms with E-state index in [4.69, 9.17) is 4.52 Å². The molecule has 1 aromatic heterocycles. The number of amides is 1. The molecule has 7 heteroatoms. The van der Waals surface area contributed by atoms with Gasteiger partial charge < -0.3 is 9.42 Å². The van der Waals surface area contributed by atoms with Gasteiger partial charge in [0.25, 0.3) is 0 Å². The van der Waals surface area contributed by atoms with Gasteiger partial charge in [0.05, 0.1) is 11.0 Å². The quantitative estimate of drug-likeness (QED) is 0.808. The lowest BCUT2D eigenvalue weighted by atomic mass is 10.1. The molecule has 1 aliphatic heterocycles. The van der Waals surface area contributed by atoms with Crippen molar-refractivity contribution < 1.29 is 13.7 Å². The van der Waals surface area contributed by atoms with Gasteiger partial charge in [-0.25, -0.2) is 4.39 Å². The minimum absolute atomic E-state index is 0.148. The summed E-state index contributed by atoms with van der Waals surface area (Å²) in [4.78, 5) is 18.7. The van der Waals surface area contributed by atoms with Crippen LogP contribution in [-0.2, 0) is 10.5 Å². The van der Waals surface area contributed by atoms with Crippen molar-refractivity contribution in [2.45, 2.75) is 44.1 Å². The van der Waals surface area contributed by atoms with Crippen molar-refractivity contribution in [3.05, 3.63) is 35.5 Å². The zero-order valence-electron chi connectivity index (χ0n) is 14.5. The van der Waals surface area contributed by atoms with Crippen LogP contribution >= 0.6 is 11.8 Å². The molecule has 2 aromatic rings. The number of likely N-dealkylation sites (tertiary alicyclic amines) is 1. The van der Waals surface area contributed by atoms with Crippen molar-refractivity contribution >= 4 is 17.7 Å². The summed E-state index contributed by atoms with van der Waals surface area (Å²) in [6, 6.07) is 4.86. The molecule has 0 spiro atoms. The van der Waals surface area contributed by atoms with E-state index in [1.807, 2.05) is 11.8 Å². The molecule has 1 unspecified atom stereocenters. The van der Waals surface area contributed by atoms with E-state index >= 15 is 0 Å². The Balaban J connectivity index is 1.57. The molecule has 0 aliphatic carbocycles. The molecule has 0 N–H and O–H groups in total. The second-order valence-electron chi connectivity index (χ2n) is 6.31. The molecule has 1 aliphatic rings. The number of aromatic nitrogens is 2. The number of benzene rings is 1. The van der Waals surface area contributed by atoms with E-state index in [-0.39, 0.29) is 17.0 Å². The van der Waals surface area contributed by atoms with Crippen molar-refractivity contribution in [1.82, 2.24) is 15.0 Å². The first-order valence-corrected chi connectivity index (χ1v) is 9.59. The van der Waals surface area contributed by atoms with Gasteiger partial charge in [0, 0.05) is 18.7 Å². The van der Waals surface area contributed by atoms with Gasteiger partial charge >= 0.3 is 0 Å². The molecular formula is C18H22FN3O2S. The maximum absolute atomic E-state index is 13.7. The Kier molecular flexibility index (Phi) is 5.73. The molecule has 25 heavy (non-hydrogen) atoms. The van der Waals surface area contributed by atoms with Gasteiger partial charge in [-0.3, -0.25) is 4.79 Å². The SMILES string of the molecule is Cc1ccc(-c2noc(CSC(C)C(=O)N3CCCCC3)n2)cc1F. The van der Waals surface area contributed by atoms with Crippen LogP contribution < -0.4 is 0 Å². The molecule has 134 valence electrons. The number of nitrogens with zero attached hydrogens (tertiary/aromatic N) is 3. The molecule has 2 heterocycles. The first kappa shape index (κ1) is 17.9. The van der Waals surface area contributed by atoms with Gasteiger partial charge in [-0.05, 0) is 44.7 Å². The Morgan fingerprint density at radius 2 is 2.12 bits per heavy atom. The second-order valence-corrected chi connectivity index (χ2v) is 7.64. The van der Waals surface area contributed by atoms with Crippen molar-refractivity contribution in [2.24, 2.45) is 0 Å². The van der Waals surface area contributed by atoms with Crippen LogP contribution in [0.4, 0.5) is 4.39 Å². The monoisotopic (exact) mass is 363 g/mol. The Hall–Kier alpha value is -1.89. The first-order valence-electron chi connectivity index (χ1n) is 8.54. The van der Waals surface area contributed by atoms with Crippen LogP contribution in [0.2, 0.25) is 0 Å². The molecule has 1 fully saturated rings. The standard InChI is InChI=1S/C18H22FN3O2S/c1-12-6-7-14(10-15(12)19)17-20-16(24-21-17)11-25-13(2)18(23)22-8-4-3-5-9-22/h6-7,10,13H,3-5,8-9,11H2,1-2H3. The van der Waals surface area contributed by atoms with Crippen LogP contribution in [0, 0.1) is 12.7 Å². The lowest BCUT2D eigenvalue weighted by Gasteiger charge is -2.28. The van der Waals surface area contributed by atoms with Gasteiger partial charge in [0.1, 0.15) is 5.82 Å². The summed E-state index contributed by atoms with van der Waals surface area (Å²) in [6.45, 7) is 5.33. The third-order valence-corrected chi connectivity index (χ3v) is 5.49. The fraction of sp³-hybridized carbons (Fsp3) is 0.500. The molecule has 3 rings (SSSR count). The molecule has 0 bridgehead atoms. The van der Waals surface area contributed by atoms with Gasteiger partial charge in [-0.2, -0.15) is 4.98 Å². The van der Waals surface area contributed by atoms with E-state index in [0.717, 1.165) is 25.9 Å². The number of halogens is 1. The van der Waals surface area contributed by atoms with Crippen molar-refractivity contribution in [1.29, 1.82) is 0 Å². The fourth-order valence-electron chi connectivity index (χ4n) is 2.80. The zero-order chi connectivity index (χ0) is 17.8. The largest absolute Gasteiger partial charge is 0.342 e. The van der Waals surface area contributed by atoms with Gasteiger partial charge in [-0.1, -0.05) is 17.3 Å². The fourth-order valence-corrected chi connectivity index (χ4v) is 3.60. The average Bonchev–Trinajstić information content (AvgIpc) is 3.11. The zero-order valence-corrected chi connectivity index (χ0v) is 15.3. The second kappa shape index (κ2) is 7.99. The predicted octanol–water partition coefficient (Wildman–Crippen LogP) is 3.82. The van der Waals surface area contributed by atoms with Crippen molar-refractivity contribution in [2.75, 3.05) is 13.1 Å². The maximum Gasteiger partial charge on any atom is 0.236 e. The number of carbonyl (C=O) groups excluding carboxylic acids is 1. The topological polar surface area (TPSA) is 59.2 Å². The Labute approximate surface area is 151 Å². The third kappa shape index (κ3) is 4.39. The first-order chi connectivity index (χ1) is 12.0. The van der Waals surface area contributed by atoms with Gasteiger partial charge in [0.15, 0.2) is 0 Å². The van der Waals surface area contributed by atoms with Crippen LogP contribution in [0.15, 0.2) is 22.7 Å². The third-order valence-electron chi connectivity index (χ3n) is 4.37. The molecular weight excluding hydrogens is 341 g/mol. The van der Waals surface area contributed by atoms with E-state index in [9.17, 15) is 9.18 Å². The molecule has 1 aromatic carbocycles. The smallest absolute Gasteiger partial charge is 0.236 e. The average molecular weight is 363 g/mol. The summed E-state index contributed by atoms with van der Waals surface area (Å²) < 4.78 is 18.9. The number of rotatable bonds is 5. The Morgan fingerprint density at radius 3 is 2.84 bits per heavy atom. The van der Waals surface area contributed by atoms with Crippen molar-refractivity contribution in [3.8, 4) is 11.4 Å². The molecule has 0 radical (unpaired) electrons. The summed E-state index contributed by atoms with van der Waals surface area (Å²) in [6.07, 6.45) is 3.38. The predicted molar refractivity (Wildman–Crippen MR) is 95.6 cm³/mol. The van der Waals surface area contributed by atoms with Gasteiger partial charge in [0.2, 0.25) is 17.6 Å². The van der Waals surface area contributed by atoms with E-state index in [1.165, 1.54) is 24.2 Å². The highest BCUT2D eigenvalue weighted by Crippen LogP contribution is 2.23. The highest BCUT2D eigenvalue weighted by atomic mass is 32.2. The minimum atomic E-state index is -0.293. The molecule has 0 saturated carbocycles.